The van der Waals surface area contributed by atoms with Crippen LogP contribution in [0.1, 0.15) is 59.3 Å². The van der Waals surface area contributed by atoms with Crippen molar-refractivity contribution < 1.29 is 24.2 Å². The standard InChI is InChI=1S/C21H35N3O5/c1-4-7-11-23-19(27)17-21-9-8-14(29-21)15(18(26)22-10-5-2)16(21)20(28)24(17)13(6-3)12-25/h13-17,25H,4-12H2,1-3H3,(H,22,26)(H,23,27)/t13-,14+,15-,16-,17?,21?/m0/s1. The minimum absolute atomic E-state index is 0.166. The highest BCUT2D eigenvalue weighted by molar-refractivity contribution is 5.99. The predicted molar refractivity (Wildman–Crippen MR) is 107 cm³/mol. The van der Waals surface area contributed by atoms with Gasteiger partial charge in [-0.05, 0) is 32.1 Å². The summed E-state index contributed by atoms with van der Waals surface area (Å²) in [5.74, 6) is -1.88. The quantitative estimate of drug-likeness (QED) is 0.457. The van der Waals surface area contributed by atoms with Gasteiger partial charge >= 0.3 is 0 Å². The zero-order valence-corrected chi connectivity index (χ0v) is 17.8. The van der Waals surface area contributed by atoms with E-state index in [1.165, 1.54) is 4.90 Å². The monoisotopic (exact) mass is 409 g/mol. The van der Waals surface area contributed by atoms with Gasteiger partial charge in [-0.15, -0.1) is 0 Å². The van der Waals surface area contributed by atoms with E-state index in [-0.39, 0.29) is 30.4 Å². The van der Waals surface area contributed by atoms with Crippen LogP contribution in [0.25, 0.3) is 0 Å². The zero-order chi connectivity index (χ0) is 21.2. The van der Waals surface area contributed by atoms with E-state index in [0.29, 0.717) is 32.4 Å². The first kappa shape index (κ1) is 22.0. The second-order valence-corrected chi connectivity index (χ2v) is 8.48. The Morgan fingerprint density at radius 1 is 1.21 bits per heavy atom. The molecule has 29 heavy (non-hydrogen) atoms. The van der Waals surface area contributed by atoms with Crippen molar-refractivity contribution in [1.82, 2.24) is 15.5 Å². The van der Waals surface area contributed by atoms with Crippen LogP contribution in [0.15, 0.2) is 0 Å². The average Bonchev–Trinajstić information content (AvgIpc) is 3.35. The van der Waals surface area contributed by atoms with Gasteiger partial charge in [0.1, 0.15) is 11.6 Å². The van der Waals surface area contributed by atoms with E-state index in [1.54, 1.807) is 0 Å². The molecule has 3 aliphatic heterocycles. The number of hydrogen-bond donors (Lipinski definition) is 3. The number of nitrogens with zero attached hydrogens (tertiary/aromatic N) is 1. The van der Waals surface area contributed by atoms with Gasteiger partial charge in [0.2, 0.25) is 17.7 Å². The molecule has 3 amide bonds. The predicted octanol–water partition coefficient (Wildman–Crippen LogP) is 0.574. The Kier molecular flexibility index (Phi) is 6.83. The van der Waals surface area contributed by atoms with Crippen molar-refractivity contribution in [3.05, 3.63) is 0 Å². The molecule has 3 heterocycles. The molecule has 3 saturated heterocycles. The van der Waals surface area contributed by atoms with Gasteiger partial charge < -0.3 is 25.4 Å². The molecule has 1 spiro atoms. The number of carbonyl (C=O) groups is 3. The highest BCUT2D eigenvalue weighted by Gasteiger charge is 2.74. The van der Waals surface area contributed by atoms with Crippen LogP contribution < -0.4 is 10.6 Å². The first-order valence-corrected chi connectivity index (χ1v) is 11.1. The molecule has 0 aliphatic carbocycles. The van der Waals surface area contributed by atoms with E-state index in [4.69, 9.17) is 4.74 Å². The number of hydrogen-bond acceptors (Lipinski definition) is 5. The second kappa shape index (κ2) is 9.00. The van der Waals surface area contributed by atoms with E-state index < -0.39 is 29.5 Å². The number of amides is 3. The zero-order valence-electron chi connectivity index (χ0n) is 17.8. The Labute approximate surface area is 172 Å². The van der Waals surface area contributed by atoms with Gasteiger partial charge in [-0.3, -0.25) is 14.4 Å². The summed E-state index contributed by atoms with van der Waals surface area (Å²) in [5.41, 5.74) is -0.977. The maximum atomic E-state index is 13.5. The lowest BCUT2D eigenvalue weighted by Crippen LogP contribution is -2.58. The number of ether oxygens (including phenoxy) is 1. The molecule has 6 atom stereocenters. The van der Waals surface area contributed by atoms with E-state index in [0.717, 1.165) is 19.3 Å². The summed E-state index contributed by atoms with van der Waals surface area (Å²) in [6.45, 7) is 6.77. The molecule has 3 rings (SSSR count). The van der Waals surface area contributed by atoms with Crippen molar-refractivity contribution in [3.8, 4) is 0 Å². The third kappa shape index (κ3) is 3.54. The Morgan fingerprint density at radius 3 is 2.55 bits per heavy atom. The second-order valence-electron chi connectivity index (χ2n) is 8.48. The molecule has 2 bridgehead atoms. The summed E-state index contributed by atoms with van der Waals surface area (Å²) in [4.78, 5) is 41.1. The third-order valence-electron chi connectivity index (χ3n) is 6.74. The Morgan fingerprint density at radius 2 is 1.93 bits per heavy atom. The molecule has 3 aliphatic rings. The molecule has 3 fully saturated rings. The fraction of sp³-hybridized carbons (Fsp3) is 0.857. The first-order valence-electron chi connectivity index (χ1n) is 11.1. The van der Waals surface area contributed by atoms with Crippen LogP contribution in [0.4, 0.5) is 0 Å². The summed E-state index contributed by atoms with van der Waals surface area (Å²) in [5, 5.41) is 15.8. The fourth-order valence-electron chi connectivity index (χ4n) is 5.35. The van der Waals surface area contributed by atoms with Gasteiger partial charge in [-0.1, -0.05) is 27.2 Å². The topological polar surface area (TPSA) is 108 Å². The number of aliphatic hydroxyl groups excluding tert-OH is 1. The average molecular weight is 410 g/mol. The van der Waals surface area contributed by atoms with Gasteiger partial charge in [0.25, 0.3) is 0 Å². The lowest BCUT2D eigenvalue weighted by atomic mass is 9.70. The summed E-state index contributed by atoms with van der Waals surface area (Å²) >= 11 is 0. The number of unbranched alkanes of at least 4 members (excludes halogenated alkanes) is 1. The van der Waals surface area contributed by atoms with E-state index in [9.17, 15) is 19.5 Å². The smallest absolute Gasteiger partial charge is 0.245 e. The maximum Gasteiger partial charge on any atom is 0.245 e. The number of rotatable bonds is 10. The van der Waals surface area contributed by atoms with E-state index in [2.05, 4.69) is 10.6 Å². The van der Waals surface area contributed by atoms with Crippen molar-refractivity contribution in [3.63, 3.8) is 0 Å². The summed E-state index contributed by atoms with van der Waals surface area (Å²) in [6.07, 6.45) is 4.05. The Bertz CT molecular complexity index is 638. The maximum absolute atomic E-state index is 13.5. The van der Waals surface area contributed by atoms with Gasteiger partial charge in [0, 0.05) is 13.1 Å². The molecule has 2 unspecified atom stereocenters. The minimum atomic E-state index is -0.977. The van der Waals surface area contributed by atoms with Crippen LogP contribution in [-0.4, -0.2) is 71.2 Å². The SMILES string of the molecule is CCCCNC(=O)C1N([C@@H](CC)CO)C(=O)[C@@H]2[C@@H](C(=O)NCCC)[C@H]3CCC12O3. The Hall–Kier alpha value is -1.67. The summed E-state index contributed by atoms with van der Waals surface area (Å²) < 4.78 is 6.31. The molecule has 0 radical (unpaired) electrons. The van der Waals surface area contributed by atoms with Crippen molar-refractivity contribution in [2.75, 3.05) is 19.7 Å². The molecule has 0 saturated carbocycles. The number of nitrogens with one attached hydrogen (secondary N) is 2. The van der Waals surface area contributed by atoms with Crippen LogP contribution >= 0.6 is 0 Å². The molecule has 0 aromatic carbocycles. The molecular formula is C21H35N3O5. The van der Waals surface area contributed by atoms with Crippen molar-refractivity contribution in [1.29, 1.82) is 0 Å². The minimum Gasteiger partial charge on any atom is -0.394 e. The van der Waals surface area contributed by atoms with Gasteiger partial charge in [-0.25, -0.2) is 0 Å². The molecule has 164 valence electrons. The van der Waals surface area contributed by atoms with Crippen molar-refractivity contribution in [2.24, 2.45) is 11.8 Å². The number of fused-ring (bicyclic) bond motifs is 1. The largest absolute Gasteiger partial charge is 0.394 e. The van der Waals surface area contributed by atoms with Gasteiger partial charge in [0.15, 0.2) is 0 Å². The molecule has 8 heteroatoms. The third-order valence-corrected chi connectivity index (χ3v) is 6.74. The number of aliphatic hydroxyl groups is 1. The highest BCUT2D eigenvalue weighted by Crippen LogP contribution is 2.58. The normalized spacial score (nSPS) is 33.7. The molecule has 8 nitrogen and oxygen atoms in total. The first-order chi connectivity index (χ1) is 14.0. The lowest BCUT2D eigenvalue weighted by molar-refractivity contribution is -0.145. The molecule has 0 aromatic heterocycles. The lowest BCUT2D eigenvalue weighted by Gasteiger charge is -2.36. The molecular weight excluding hydrogens is 374 g/mol. The van der Waals surface area contributed by atoms with Crippen LogP contribution in [0.5, 0.6) is 0 Å². The summed E-state index contributed by atoms with van der Waals surface area (Å²) in [6, 6.07) is -1.27. The van der Waals surface area contributed by atoms with Gasteiger partial charge in [-0.2, -0.15) is 0 Å². The van der Waals surface area contributed by atoms with Crippen LogP contribution in [-0.2, 0) is 19.1 Å². The fourth-order valence-corrected chi connectivity index (χ4v) is 5.35. The van der Waals surface area contributed by atoms with E-state index >= 15 is 0 Å². The van der Waals surface area contributed by atoms with Crippen LogP contribution in [0, 0.1) is 11.8 Å². The number of likely N-dealkylation sites (tertiary alicyclic amines) is 1. The van der Waals surface area contributed by atoms with Crippen LogP contribution in [0.3, 0.4) is 0 Å². The van der Waals surface area contributed by atoms with Gasteiger partial charge in [0.05, 0.1) is 30.6 Å². The molecule has 0 aromatic rings. The number of carbonyl (C=O) groups excluding carboxylic acids is 3. The van der Waals surface area contributed by atoms with Crippen molar-refractivity contribution in [2.45, 2.75) is 83.1 Å². The van der Waals surface area contributed by atoms with Crippen LogP contribution in [0.2, 0.25) is 0 Å². The van der Waals surface area contributed by atoms with E-state index in [1.807, 2.05) is 20.8 Å². The molecule has 3 N–H and O–H groups in total. The Balaban J connectivity index is 1.94. The highest BCUT2D eigenvalue weighted by atomic mass is 16.5. The summed E-state index contributed by atoms with van der Waals surface area (Å²) in [7, 11) is 0. The van der Waals surface area contributed by atoms with Crippen molar-refractivity contribution >= 4 is 17.7 Å².